The fourth-order valence-electron chi connectivity index (χ4n) is 1.02. The predicted octanol–water partition coefficient (Wildman–Crippen LogP) is -0.318. The minimum Gasteiger partial charge on any atom is -0.395 e. The molecule has 0 spiro atoms. The summed E-state index contributed by atoms with van der Waals surface area (Å²) in [6.45, 7) is 1.67. The van der Waals surface area contributed by atoms with Crippen molar-refractivity contribution >= 4 is 5.91 Å². The number of amides is 1. The van der Waals surface area contributed by atoms with Crippen LogP contribution in [0, 0.1) is 0 Å². The van der Waals surface area contributed by atoms with E-state index in [4.69, 9.17) is 5.11 Å². The number of nitrogens with one attached hydrogen (secondary N) is 1. The highest BCUT2D eigenvalue weighted by Crippen LogP contribution is 1.96. The third kappa shape index (κ3) is 7.88. The maximum Gasteiger partial charge on any atom is 0.251 e. The van der Waals surface area contributed by atoms with E-state index in [-0.39, 0.29) is 25.6 Å². The number of carbonyl (C=O) groups excluding carboxylic acids is 1. The molecule has 0 aromatic rings. The van der Waals surface area contributed by atoms with Crippen molar-refractivity contribution < 1.29 is 18.7 Å². The molecule has 0 radical (unpaired) electrons. The predicted molar refractivity (Wildman–Crippen MR) is 48.2 cm³/mol. The van der Waals surface area contributed by atoms with Crippen molar-refractivity contribution in [3.8, 4) is 0 Å². The van der Waals surface area contributed by atoms with Crippen LogP contribution in [0.15, 0.2) is 0 Å². The summed E-state index contributed by atoms with van der Waals surface area (Å²) in [4.78, 5) is 11.9. The summed E-state index contributed by atoms with van der Waals surface area (Å²) >= 11 is 0. The smallest absolute Gasteiger partial charge is 0.251 e. The molecule has 0 aromatic heterocycles. The molecule has 0 aliphatic rings. The fourth-order valence-corrected chi connectivity index (χ4v) is 1.02. The van der Waals surface area contributed by atoms with E-state index in [2.05, 4.69) is 5.32 Å². The van der Waals surface area contributed by atoms with Gasteiger partial charge in [-0.15, -0.1) is 0 Å². The second-order valence-corrected chi connectivity index (χ2v) is 2.90. The molecule has 0 saturated heterocycles. The van der Waals surface area contributed by atoms with Gasteiger partial charge in [-0.25, -0.2) is 8.78 Å². The van der Waals surface area contributed by atoms with Crippen molar-refractivity contribution in [1.82, 2.24) is 10.2 Å². The van der Waals surface area contributed by atoms with Crippen molar-refractivity contribution in [2.45, 2.75) is 13.3 Å². The van der Waals surface area contributed by atoms with Crippen molar-refractivity contribution in [1.29, 1.82) is 0 Å². The average molecular weight is 210 g/mol. The van der Waals surface area contributed by atoms with Gasteiger partial charge in [0.15, 0.2) is 0 Å². The maximum atomic E-state index is 12.0. The van der Waals surface area contributed by atoms with Gasteiger partial charge in [-0.2, -0.15) is 0 Å². The molecule has 0 unspecified atom stereocenters. The molecule has 0 aromatic carbocycles. The quantitative estimate of drug-likeness (QED) is 0.605. The van der Waals surface area contributed by atoms with Gasteiger partial charge in [0, 0.05) is 26.6 Å². The number of carbonyl (C=O) groups is 1. The summed E-state index contributed by atoms with van der Waals surface area (Å²) in [7, 11) is 0. The number of nitrogens with zero attached hydrogens (tertiary/aromatic N) is 1. The first-order valence-electron chi connectivity index (χ1n) is 4.42. The molecule has 2 N–H and O–H groups in total. The zero-order chi connectivity index (χ0) is 11.0. The van der Waals surface area contributed by atoms with Gasteiger partial charge in [0.2, 0.25) is 5.91 Å². The number of aliphatic hydroxyl groups is 1. The number of halogens is 2. The van der Waals surface area contributed by atoms with Gasteiger partial charge in [0.1, 0.15) is 0 Å². The Morgan fingerprint density at radius 3 is 2.57 bits per heavy atom. The Hall–Kier alpha value is -0.750. The van der Waals surface area contributed by atoms with Crippen LogP contribution in [0.1, 0.15) is 6.92 Å². The van der Waals surface area contributed by atoms with Crippen LogP contribution >= 0.6 is 0 Å². The summed E-state index contributed by atoms with van der Waals surface area (Å²) in [6, 6.07) is 0. The Bertz CT molecular complexity index is 167. The SMILES string of the molecule is CC(=O)NCCN(CCO)CC(F)F. The third-order valence-corrected chi connectivity index (χ3v) is 1.61. The first kappa shape index (κ1) is 13.2. The van der Waals surface area contributed by atoms with Gasteiger partial charge >= 0.3 is 0 Å². The van der Waals surface area contributed by atoms with Gasteiger partial charge < -0.3 is 10.4 Å². The maximum absolute atomic E-state index is 12.0. The zero-order valence-corrected chi connectivity index (χ0v) is 8.17. The first-order valence-corrected chi connectivity index (χ1v) is 4.42. The molecular formula is C8H16F2N2O2. The Balaban J connectivity index is 3.66. The van der Waals surface area contributed by atoms with Gasteiger partial charge in [-0.1, -0.05) is 0 Å². The van der Waals surface area contributed by atoms with E-state index in [1.165, 1.54) is 11.8 Å². The number of alkyl halides is 2. The second kappa shape index (κ2) is 7.64. The molecule has 0 saturated carbocycles. The minimum absolute atomic E-state index is 0.160. The Morgan fingerprint density at radius 1 is 1.50 bits per heavy atom. The molecule has 0 atom stereocenters. The lowest BCUT2D eigenvalue weighted by atomic mass is 10.4. The Morgan fingerprint density at radius 2 is 2.14 bits per heavy atom. The summed E-state index contributed by atoms with van der Waals surface area (Å²) in [5.41, 5.74) is 0. The van der Waals surface area contributed by atoms with E-state index in [9.17, 15) is 13.6 Å². The summed E-state index contributed by atoms with van der Waals surface area (Å²) in [5, 5.41) is 11.1. The number of rotatable bonds is 7. The molecule has 14 heavy (non-hydrogen) atoms. The largest absolute Gasteiger partial charge is 0.395 e. The highest BCUT2D eigenvalue weighted by molar-refractivity contribution is 5.72. The van der Waals surface area contributed by atoms with Gasteiger partial charge in [-0.05, 0) is 0 Å². The van der Waals surface area contributed by atoms with E-state index in [0.29, 0.717) is 13.1 Å². The van der Waals surface area contributed by atoms with E-state index >= 15 is 0 Å². The lowest BCUT2D eigenvalue weighted by molar-refractivity contribution is -0.119. The molecule has 0 heterocycles. The average Bonchev–Trinajstić information content (AvgIpc) is 2.02. The lowest BCUT2D eigenvalue weighted by Crippen LogP contribution is -2.38. The van der Waals surface area contributed by atoms with Crippen LogP contribution < -0.4 is 5.32 Å². The van der Waals surface area contributed by atoms with Gasteiger partial charge in [0.25, 0.3) is 6.43 Å². The third-order valence-electron chi connectivity index (χ3n) is 1.61. The minimum atomic E-state index is -2.42. The molecule has 0 bridgehead atoms. The molecule has 84 valence electrons. The normalized spacial score (nSPS) is 11.0. The first-order chi connectivity index (χ1) is 6.56. The molecule has 0 rings (SSSR count). The van der Waals surface area contributed by atoms with Crippen molar-refractivity contribution in [2.75, 3.05) is 32.8 Å². The highest BCUT2D eigenvalue weighted by atomic mass is 19.3. The van der Waals surface area contributed by atoms with Crippen molar-refractivity contribution in [3.63, 3.8) is 0 Å². The molecular weight excluding hydrogens is 194 g/mol. The summed E-state index contributed by atoms with van der Waals surface area (Å²) in [6.07, 6.45) is -2.42. The van der Waals surface area contributed by atoms with Crippen LogP contribution in [-0.2, 0) is 4.79 Å². The summed E-state index contributed by atoms with van der Waals surface area (Å²) in [5.74, 6) is -0.189. The van der Waals surface area contributed by atoms with Crippen molar-refractivity contribution in [2.24, 2.45) is 0 Å². The molecule has 4 nitrogen and oxygen atoms in total. The Labute approximate surface area is 81.9 Å². The topological polar surface area (TPSA) is 52.6 Å². The molecule has 0 fully saturated rings. The number of hydrogen-bond acceptors (Lipinski definition) is 3. The highest BCUT2D eigenvalue weighted by Gasteiger charge is 2.10. The van der Waals surface area contributed by atoms with Crippen molar-refractivity contribution in [3.05, 3.63) is 0 Å². The zero-order valence-electron chi connectivity index (χ0n) is 8.17. The van der Waals surface area contributed by atoms with Crippen LogP contribution in [0.2, 0.25) is 0 Å². The van der Waals surface area contributed by atoms with Crippen LogP contribution in [0.25, 0.3) is 0 Å². The van der Waals surface area contributed by atoms with Gasteiger partial charge in [0.05, 0.1) is 13.2 Å². The standard InChI is InChI=1S/C8H16F2N2O2/c1-7(14)11-2-3-12(4-5-13)6-8(9)10/h8,13H,2-6H2,1H3,(H,11,14). The molecule has 1 amide bonds. The van der Waals surface area contributed by atoms with Crippen LogP contribution in [-0.4, -0.2) is 55.1 Å². The van der Waals surface area contributed by atoms with E-state index in [0.717, 1.165) is 0 Å². The molecule has 6 heteroatoms. The van der Waals surface area contributed by atoms with E-state index in [1.54, 1.807) is 0 Å². The monoisotopic (exact) mass is 210 g/mol. The lowest BCUT2D eigenvalue weighted by Gasteiger charge is -2.20. The fraction of sp³-hybridized carbons (Fsp3) is 0.875. The number of hydrogen-bond donors (Lipinski definition) is 2. The van der Waals surface area contributed by atoms with Crippen LogP contribution in [0.3, 0.4) is 0 Å². The van der Waals surface area contributed by atoms with E-state index < -0.39 is 6.43 Å². The Kier molecular flexibility index (Phi) is 7.23. The summed E-state index contributed by atoms with van der Waals surface area (Å²) < 4.78 is 24.0. The van der Waals surface area contributed by atoms with E-state index in [1.807, 2.05) is 0 Å². The van der Waals surface area contributed by atoms with Crippen LogP contribution in [0.4, 0.5) is 8.78 Å². The number of aliphatic hydroxyl groups excluding tert-OH is 1. The second-order valence-electron chi connectivity index (χ2n) is 2.90. The van der Waals surface area contributed by atoms with Crippen LogP contribution in [0.5, 0.6) is 0 Å². The molecule has 0 aliphatic carbocycles. The molecule has 0 aliphatic heterocycles. The van der Waals surface area contributed by atoms with Gasteiger partial charge in [-0.3, -0.25) is 9.69 Å².